The number of imidazole rings is 1. The molecule has 29 heavy (non-hydrogen) atoms. The van der Waals surface area contributed by atoms with E-state index in [9.17, 15) is 4.79 Å². The molecular formula is C21H26Cl2N4O2. The van der Waals surface area contributed by atoms with Crippen molar-refractivity contribution in [2.45, 2.75) is 38.3 Å². The molecule has 0 spiro atoms. The second-order valence-electron chi connectivity index (χ2n) is 7.12. The number of ether oxygens (including phenoxy) is 1. The first kappa shape index (κ1) is 23.0. The minimum Gasteiger partial charge on any atom is -0.487 e. The number of carbonyl (C=O) groups is 1. The van der Waals surface area contributed by atoms with Gasteiger partial charge in [0.25, 0.3) is 0 Å². The number of halogens is 2. The van der Waals surface area contributed by atoms with E-state index in [0.717, 1.165) is 42.0 Å². The summed E-state index contributed by atoms with van der Waals surface area (Å²) in [7, 11) is 0. The lowest BCUT2D eigenvalue weighted by Crippen LogP contribution is -2.28. The molecule has 0 bridgehead atoms. The van der Waals surface area contributed by atoms with Crippen LogP contribution in [0.15, 0.2) is 54.9 Å². The summed E-state index contributed by atoms with van der Waals surface area (Å²) in [5.41, 5.74) is 8.58. The van der Waals surface area contributed by atoms with Gasteiger partial charge < -0.3 is 20.2 Å². The second kappa shape index (κ2) is 10.5. The number of anilines is 1. The molecule has 2 aromatic heterocycles. The van der Waals surface area contributed by atoms with Crippen molar-refractivity contribution in [2.75, 3.05) is 5.32 Å². The average molecular weight is 437 g/mol. The number of nitrogens with one attached hydrogen (secondary N) is 1. The van der Waals surface area contributed by atoms with E-state index in [1.165, 1.54) is 0 Å². The highest BCUT2D eigenvalue weighted by Crippen LogP contribution is 2.27. The van der Waals surface area contributed by atoms with E-state index in [-0.39, 0.29) is 36.8 Å². The van der Waals surface area contributed by atoms with E-state index in [0.29, 0.717) is 18.9 Å². The average Bonchev–Trinajstić information content (AvgIpc) is 3.27. The Bertz CT molecular complexity index is 897. The lowest BCUT2D eigenvalue weighted by molar-refractivity contribution is -0.117. The fourth-order valence-electron chi connectivity index (χ4n) is 3.62. The van der Waals surface area contributed by atoms with Gasteiger partial charge in [-0.25, -0.2) is 4.98 Å². The van der Waals surface area contributed by atoms with Crippen molar-refractivity contribution in [3.63, 3.8) is 0 Å². The summed E-state index contributed by atoms with van der Waals surface area (Å²) in [5.74, 6) is 1.07. The van der Waals surface area contributed by atoms with Crippen LogP contribution in [0.3, 0.4) is 0 Å². The fraction of sp³-hybridized carbons (Fsp3) is 0.333. The van der Waals surface area contributed by atoms with Crippen LogP contribution in [0.4, 0.5) is 5.69 Å². The Kier molecular flexibility index (Phi) is 8.32. The number of rotatable bonds is 6. The number of fused-ring (bicyclic) bond motifs is 1. The number of hydrogen-bond acceptors (Lipinski definition) is 4. The molecule has 156 valence electrons. The number of nitrogens with two attached hydrogens (primary N) is 1. The summed E-state index contributed by atoms with van der Waals surface area (Å²) in [4.78, 5) is 16.7. The van der Waals surface area contributed by atoms with Crippen molar-refractivity contribution >= 4 is 42.1 Å². The van der Waals surface area contributed by atoms with Gasteiger partial charge in [-0.3, -0.25) is 4.79 Å². The maximum Gasteiger partial charge on any atom is 0.224 e. The molecule has 1 aliphatic rings. The van der Waals surface area contributed by atoms with Gasteiger partial charge in [0.05, 0.1) is 5.69 Å². The number of hydrogen-bond donors (Lipinski definition) is 2. The normalized spacial score (nSPS) is 18.0. The van der Waals surface area contributed by atoms with Gasteiger partial charge in [-0.05, 0) is 55.2 Å². The maximum atomic E-state index is 12.2. The van der Waals surface area contributed by atoms with Crippen LogP contribution in [0.1, 0.15) is 31.4 Å². The third-order valence-corrected chi connectivity index (χ3v) is 5.10. The van der Waals surface area contributed by atoms with Crippen molar-refractivity contribution in [2.24, 2.45) is 11.7 Å². The van der Waals surface area contributed by atoms with Gasteiger partial charge >= 0.3 is 0 Å². The zero-order valence-corrected chi connectivity index (χ0v) is 17.6. The van der Waals surface area contributed by atoms with Crippen molar-refractivity contribution in [3.05, 3.63) is 60.6 Å². The number of pyridine rings is 1. The van der Waals surface area contributed by atoms with Crippen molar-refractivity contribution < 1.29 is 9.53 Å². The number of amides is 1. The van der Waals surface area contributed by atoms with Crippen LogP contribution < -0.4 is 15.8 Å². The van der Waals surface area contributed by atoms with Gasteiger partial charge in [0, 0.05) is 30.5 Å². The van der Waals surface area contributed by atoms with Crippen LogP contribution in [-0.4, -0.2) is 21.3 Å². The summed E-state index contributed by atoms with van der Waals surface area (Å²) >= 11 is 0. The smallest absolute Gasteiger partial charge is 0.224 e. The minimum absolute atomic E-state index is 0. The van der Waals surface area contributed by atoms with Crippen LogP contribution in [-0.2, 0) is 11.4 Å². The van der Waals surface area contributed by atoms with E-state index in [2.05, 4.69) is 10.3 Å². The molecule has 1 amide bonds. The van der Waals surface area contributed by atoms with Crippen LogP contribution in [0.25, 0.3) is 5.65 Å². The SMILES string of the molecule is Cl.Cl.N[C@@H]1CCC[C@H]1CC(=O)Nc1ccc(OCc2cn3ccccc3n2)cc1. The summed E-state index contributed by atoms with van der Waals surface area (Å²) in [5, 5.41) is 2.94. The van der Waals surface area contributed by atoms with Gasteiger partial charge in [-0.15, -0.1) is 24.8 Å². The largest absolute Gasteiger partial charge is 0.487 e. The molecule has 8 heteroatoms. The Morgan fingerprint density at radius 1 is 1.17 bits per heavy atom. The summed E-state index contributed by atoms with van der Waals surface area (Å²) < 4.78 is 7.76. The number of benzene rings is 1. The quantitative estimate of drug-likeness (QED) is 0.605. The highest BCUT2D eigenvalue weighted by molar-refractivity contribution is 5.91. The molecule has 3 N–H and O–H groups in total. The third-order valence-electron chi connectivity index (χ3n) is 5.10. The molecule has 6 nitrogen and oxygen atoms in total. The summed E-state index contributed by atoms with van der Waals surface area (Å²) in [6, 6.07) is 13.5. The van der Waals surface area contributed by atoms with Crippen LogP contribution in [0.2, 0.25) is 0 Å². The number of aromatic nitrogens is 2. The van der Waals surface area contributed by atoms with Gasteiger partial charge in [0.15, 0.2) is 0 Å². The first-order valence-electron chi connectivity index (χ1n) is 9.38. The highest BCUT2D eigenvalue weighted by Gasteiger charge is 2.25. The Balaban J connectivity index is 0.00000150. The Hall–Kier alpha value is -2.28. The van der Waals surface area contributed by atoms with E-state index in [1.807, 2.05) is 59.3 Å². The van der Waals surface area contributed by atoms with Gasteiger partial charge in [0.2, 0.25) is 5.91 Å². The Morgan fingerprint density at radius 3 is 2.66 bits per heavy atom. The molecule has 3 aromatic rings. The van der Waals surface area contributed by atoms with E-state index < -0.39 is 0 Å². The molecule has 4 rings (SSSR count). The standard InChI is InChI=1S/C21H24N4O2.2ClH/c22-19-5-3-4-15(19)12-21(26)24-16-7-9-18(10-8-16)27-14-17-13-25-11-2-1-6-20(25)23-17;;/h1-2,6-11,13,15,19H,3-5,12,14,22H2,(H,24,26);2*1H/t15-,19+;;/m0../s1. The van der Waals surface area contributed by atoms with E-state index in [4.69, 9.17) is 10.5 Å². The predicted octanol–water partition coefficient (Wildman–Crippen LogP) is 4.21. The molecule has 0 unspecified atom stereocenters. The van der Waals surface area contributed by atoms with Crippen LogP contribution >= 0.6 is 24.8 Å². The molecule has 1 fully saturated rings. The minimum atomic E-state index is 0. The van der Waals surface area contributed by atoms with Crippen LogP contribution in [0, 0.1) is 5.92 Å². The molecule has 0 radical (unpaired) electrons. The number of nitrogens with zero attached hydrogens (tertiary/aromatic N) is 2. The predicted molar refractivity (Wildman–Crippen MR) is 119 cm³/mol. The fourth-order valence-corrected chi connectivity index (χ4v) is 3.62. The maximum absolute atomic E-state index is 12.2. The van der Waals surface area contributed by atoms with Gasteiger partial charge in [-0.1, -0.05) is 12.5 Å². The van der Waals surface area contributed by atoms with Crippen molar-refractivity contribution in [3.8, 4) is 5.75 Å². The zero-order chi connectivity index (χ0) is 18.6. The van der Waals surface area contributed by atoms with Gasteiger partial charge in [-0.2, -0.15) is 0 Å². The van der Waals surface area contributed by atoms with Crippen molar-refractivity contribution in [1.29, 1.82) is 0 Å². The molecule has 1 aliphatic carbocycles. The lowest BCUT2D eigenvalue weighted by atomic mass is 10.00. The first-order valence-corrected chi connectivity index (χ1v) is 9.38. The number of carbonyl (C=O) groups excluding carboxylic acids is 1. The van der Waals surface area contributed by atoms with Gasteiger partial charge in [0.1, 0.15) is 18.0 Å². The molecule has 2 heterocycles. The Labute approximate surface area is 182 Å². The third kappa shape index (κ3) is 5.85. The second-order valence-corrected chi connectivity index (χ2v) is 7.12. The first-order chi connectivity index (χ1) is 13.2. The highest BCUT2D eigenvalue weighted by atomic mass is 35.5. The molecule has 1 aromatic carbocycles. The molecule has 0 aliphatic heterocycles. The van der Waals surface area contributed by atoms with Crippen molar-refractivity contribution in [1.82, 2.24) is 9.38 Å². The van der Waals surface area contributed by atoms with Crippen LogP contribution in [0.5, 0.6) is 5.75 Å². The molecule has 0 saturated heterocycles. The molecular weight excluding hydrogens is 411 g/mol. The molecule has 1 saturated carbocycles. The summed E-state index contributed by atoms with van der Waals surface area (Å²) in [6.07, 6.45) is 7.60. The van der Waals surface area contributed by atoms with E-state index >= 15 is 0 Å². The zero-order valence-electron chi connectivity index (χ0n) is 16.0. The molecule has 2 atom stereocenters. The monoisotopic (exact) mass is 436 g/mol. The van der Waals surface area contributed by atoms with E-state index in [1.54, 1.807) is 0 Å². The lowest BCUT2D eigenvalue weighted by Gasteiger charge is -2.15. The Morgan fingerprint density at radius 2 is 1.97 bits per heavy atom. The topological polar surface area (TPSA) is 81.7 Å². The summed E-state index contributed by atoms with van der Waals surface area (Å²) in [6.45, 7) is 0.396.